The molecule has 0 atom stereocenters. The molecule has 7 nitrogen and oxygen atoms in total. The van der Waals surface area contributed by atoms with E-state index in [4.69, 9.17) is 16.1 Å². The second-order valence-corrected chi connectivity index (χ2v) is 7.58. The number of nitrogens with one attached hydrogen (secondary N) is 1. The van der Waals surface area contributed by atoms with E-state index in [1.54, 1.807) is 54.6 Å². The summed E-state index contributed by atoms with van der Waals surface area (Å²) in [5.41, 5.74) is 1.07. The first-order chi connectivity index (χ1) is 15.5. The van der Waals surface area contributed by atoms with Crippen LogP contribution in [0.25, 0.3) is 33.7 Å². The molecule has 0 bridgehead atoms. The van der Waals surface area contributed by atoms with Crippen molar-refractivity contribution in [1.29, 1.82) is 0 Å². The summed E-state index contributed by atoms with van der Waals surface area (Å²) in [5, 5.41) is 4.74. The highest BCUT2D eigenvalue weighted by Crippen LogP contribution is 2.24. The van der Waals surface area contributed by atoms with E-state index in [0.29, 0.717) is 27.1 Å². The van der Waals surface area contributed by atoms with Crippen LogP contribution in [-0.2, 0) is 6.54 Å². The van der Waals surface area contributed by atoms with Crippen molar-refractivity contribution in [2.75, 3.05) is 0 Å². The lowest BCUT2D eigenvalue weighted by atomic mass is 10.1. The molecule has 0 amide bonds. The predicted octanol–water partition coefficient (Wildman–Crippen LogP) is 4.25. The molecule has 32 heavy (non-hydrogen) atoms. The van der Waals surface area contributed by atoms with Crippen molar-refractivity contribution in [3.05, 3.63) is 104 Å². The Labute approximate surface area is 184 Å². The highest BCUT2D eigenvalue weighted by atomic mass is 35.5. The van der Waals surface area contributed by atoms with Gasteiger partial charge in [-0.05, 0) is 48.0 Å². The summed E-state index contributed by atoms with van der Waals surface area (Å²) in [4.78, 5) is 32.5. The summed E-state index contributed by atoms with van der Waals surface area (Å²) in [5.74, 6) is -0.00803. The number of rotatable bonds is 4. The molecule has 158 valence electrons. The fourth-order valence-corrected chi connectivity index (χ4v) is 3.65. The third-order valence-corrected chi connectivity index (χ3v) is 5.20. The molecule has 0 radical (unpaired) electrons. The Morgan fingerprint density at radius 2 is 1.84 bits per heavy atom. The van der Waals surface area contributed by atoms with Crippen LogP contribution in [0.1, 0.15) is 5.56 Å². The highest BCUT2D eigenvalue weighted by molar-refractivity contribution is 6.30. The zero-order valence-corrected chi connectivity index (χ0v) is 17.1. The number of benzene rings is 3. The molecule has 0 aliphatic heterocycles. The minimum Gasteiger partial charge on any atom is -0.334 e. The first-order valence-electron chi connectivity index (χ1n) is 9.59. The van der Waals surface area contributed by atoms with Gasteiger partial charge in [-0.25, -0.2) is 9.18 Å². The van der Waals surface area contributed by atoms with Crippen molar-refractivity contribution >= 4 is 22.5 Å². The number of halogens is 2. The average molecular weight is 449 g/mol. The molecule has 0 saturated carbocycles. The van der Waals surface area contributed by atoms with Crippen LogP contribution >= 0.6 is 11.6 Å². The number of fused-ring (bicyclic) bond motifs is 1. The number of aromatic amines is 1. The molecular formula is C23H14ClFN4O3. The fourth-order valence-electron chi connectivity index (χ4n) is 3.43. The molecule has 5 rings (SSSR count). The molecule has 0 unspecified atom stereocenters. The lowest BCUT2D eigenvalue weighted by molar-refractivity contribution is 0.432. The van der Waals surface area contributed by atoms with Crippen LogP contribution in [0, 0.1) is 5.82 Å². The SMILES string of the molecule is O=c1[nH]c2cc(-c3nc(-c4cccc(F)c4)no3)ccc2c(=O)n1Cc1cccc(Cl)c1. The van der Waals surface area contributed by atoms with Crippen LogP contribution in [0.5, 0.6) is 0 Å². The van der Waals surface area contributed by atoms with Gasteiger partial charge in [-0.1, -0.05) is 41.0 Å². The maximum Gasteiger partial charge on any atom is 0.329 e. The van der Waals surface area contributed by atoms with E-state index >= 15 is 0 Å². The van der Waals surface area contributed by atoms with Gasteiger partial charge in [0.25, 0.3) is 11.4 Å². The van der Waals surface area contributed by atoms with Crippen LogP contribution in [0.2, 0.25) is 5.02 Å². The summed E-state index contributed by atoms with van der Waals surface area (Å²) in [7, 11) is 0. The van der Waals surface area contributed by atoms with Gasteiger partial charge in [0.15, 0.2) is 0 Å². The Kier molecular flexibility index (Phi) is 4.91. The summed E-state index contributed by atoms with van der Waals surface area (Å²) < 4.78 is 19.9. The minimum atomic E-state index is -0.550. The summed E-state index contributed by atoms with van der Waals surface area (Å²) in [6.07, 6.45) is 0. The zero-order valence-electron chi connectivity index (χ0n) is 16.4. The second-order valence-electron chi connectivity index (χ2n) is 7.15. The number of hydrogen-bond donors (Lipinski definition) is 1. The van der Waals surface area contributed by atoms with Crippen molar-refractivity contribution in [3.63, 3.8) is 0 Å². The van der Waals surface area contributed by atoms with Gasteiger partial charge in [0.2, 0.25) is 5.82 Å². The van der Waals surface area contributed by atoms with E-state index in [1.165, 1.54) is 12.1 Å². The summed E-state index contributed by atoms with van der Waals surface area (Å²) >= 11 is 6.00. The monoisotopic (exact) mass is 448 g/mol. The smallest absolute Gasteiger partial charge is 0.329 e. The molecule has 3 aromatic carbocycles. The highest BCUT2D eigenvalue weighted by Gasteiger charge is 2.14. The molecule has 0 spiro atoms. The molecular weight excluding hydrogens is 435 g/mol. The molecule has 0 fully saturated rings. The molecule has 2 aromatic heterocycles. The number of nitrogens with zero attached hydrogens (tertiary/aromatic N) is 3. The Hall–Kier alpha value is -4.04. The number of H-pyrrole nitrogens is 1. The topological polar surface area (TPSA) is 93.8 Å². The maximum atomic E-state index is 13.5. The lowest BCUT2D eigenvalue weighted by Crippen LogP contribution is -2.35. The second kappa shape index (κ2) is 7.90. The third-order valence-electron chi connectivity index (χ3n) is 4.97. The van der Waals surface area contributed by atoms with Gasteiger partial charge in [0, 0.05) is 16.1 Å². The summed E-state index contributed by atoms with van der Waals surface area (Å²) in [6, 6.07) is 17.6. The lowest BCUT2D eigenvalue weighted by Gasteiger charge is -2.07. The Morgan fingerprint density at radius 1 is 1.00 bits per heavy atom. The zero-order chi connectivity index (χ0) is 22.2. The van der Waals surface area contributed by atoms with E-state index < -0.39 is 17.1 Å². The van der Waals surface area contributed by atoms with Gasteiger partial charge in [-0.15, -0.1) is 0 Å². The Balaban J connectivity index is 1.53. The van der Waals surface area contributed by atoms with Crippen LogP contribution < -0.4 is 11.2 Å². The van der Waals surface area contributed by atoms with E-state index in [0.717, 1.165) is 10.1 Å². The van der Waals surface area contributed by atoms with Gasteiger partial charge >= 0.3 is 5.69 Å². The molecule has 0 aliphatic carbocycles. The van der Waals surface area contributed by atoms with Gasteiger partial charge in [0.1, 0.15) is 5.82 Å². The van der Waals surface area contributed by atoms with Gasteiger partial charge in [-0.3, -0.25) is 9.36 Å². The largest absolute Gasteiger partial charge is 0.334 e. The standard InChI is InChI=1S/C23H14ClFN4O3/c24-16-5-1-3-13(9-16)12-29-22(30)18-8-7-15(11-19(18)26-23(29)31)21-27-20(28-32-21)14-4-2-6-17(25)10-14/h1-11H,12H2,(H,26,31). The molecule has 5 aromatic rings. The Bertz CT molecular complexity index is 1590. The van der Waals surface area contributed by atoms with Gasteiger partial charge in [0.05, 0.1) is 17.4 Å². The van der Waals surface area contributed by atoms with Crippen LogP contribution in [-0.4, -0.2) is 19.7 Å². The van der Waals surface area contributed by atoms with Crippen molar-refractivity contribution in [3.8, 4) is 22.8 Å². The molecule has 2 heterocycles. The number of hydrogen-bond acceptors (Lipinski definition) is 5. The van der Waals surface area contributed by atoms with Gasteiger partial charge in [-0.2, -0.15) is 4.98 Å². The quantitative estimate of drug-likeness (QED) is 0.443. The normalized spacial score (nSPS) is 11.2. The fraction of sp³-hybridized carbons (Fsp3) is 0.0435. The van der Waals surface area contributed by atoms with Crippen LogP contribution in [0.15, 0.2) is 80.8 Å². The van der Waals surface area contributed by atoms with E-state index in [9.17, 15) is 14.0 Å². The third kappa shape index (κ3) is 3.72. The summed E-state index contributed by atoms with van der Waals surface area (Å²) in [6.45, 7) is 0.0903. The first kappa shape index (κ1) is 19.9. The van der Waals surface area contributed by atoms with Crippen molar-refractivity contribution in [2.24, 2.45) is 0 Å². The molecule has 9 heteroatoms. The van der Waals surface area contributed by atoms with Crippen LogP contribution in [0.4, 0.5) is 4.39 Å². The molecule has 0 aliphatic rings. The van der Waals surface area contributed by atoms with E-state index in [1.807, 2.05) is 0 Å². The maximum absolute atomic E-state index is 13.5. The molecule has 1 N–H and O–H groups in total. The Morgan fingerprint density at radius 3 is 2.66 bits per heavy atom. The first-order valence-corrected chi connectivity index (χ1v) is 9.97. The van der Waals surface area contributed by atoms with Crippen LogP contribution in [0.3, 0.4) is 0 Å². The van der Waals surface area contributed by atoms with Crippen molar-refractivity contribution < 1.29 is 8.91 Å². The van der Waals surface area contributed by atoms with Crippen molar-refractivity contribution in [1.82, 2.24) is 19.7 Å². The van der Waals surface area contributed by atoms with E-state index in [-0.39, 0.29) is 18.3 Å². The van der Waals surface area contributed by atoms with Gasteiger partial charge < -0.3 is 9.51 Å². The molecule has 0 saturated heterocycles. The minimum absolute atomic E-state index is 0.0903. The number of aromatic nitrogens is 4. The van der Waals surface area contributed by atoms with E-state index in [2.05, 4.69) is 15.1 Å². The van der Waals surface area contributed by atoms with Crippen molar-refractivity contribution in [2.45, 2.75) is 6.54 Å². The predicted molar refractivity (Wildman–Crippen MR) is 118 cm³/mol. The average Bonchev–Trinajstić information content (AvgIpc) is 3.27.